The molecule has 1 aliphatic heterocycles. The second-order valence-electron chi connectivity index (χ2n) is 4.92. The van der Waals surface area contributed by atoms with Gasteiger partial charge in [0.1, 0.15) is 5.82 Å². The van der Waals surface area contributed by atoms with Crippen molar-refractivity contribution in [3.8, 4) is 0 Å². The summed E-state index contributed by atoms with van der Waals surface area (Å²) in [6, 6.07) is 6.24. The molecule has 0 radical (unpaired) electrons. The summed E-state index contributed by atoms with van der Waals surface area (Å²) in [6.45, 7) is 3.82. The van der Waals surface area contributed by atoms with Gasteiger partial charge in [-0.1, -0.05) is 19.1 Å². The average Bonchev–Trinajstić information content (AvgIpc) is 2.36. The lowest BCUT2D eigenvalue weighted by Crippen LogP contribution is -2.38. The van der Waals surface area contributed by atoms with Crippen LogP contribution in [0.4, 0.5) is 4.39 Å². The summed E-state index contributed by atoms with van der Waals surface area (Å²) in [6.07, 6.45) is 5.47. The zero-order chi connectivity index (χ0) is 13.0. The van der Waals surface area contributed by atoms with Gasteiger partial charge in [-0.3, -0.25) is 4.79 Å². The van der Waals surface area contributed by atoms with Crippen LogP contribution in [0.25, 0.3) is 6.08 Å². The molecule has 3 heteroatoms. The Morgan fingerprint density at radius 2 is 2.33 bits per heavy atom. The van der Waals surface area contributed by atoms with Crippen molar-refractivity contribution in [3.63, 3.8) is 0 Å². The number of hydrogen-bond acceptors (Lipinski definition) is 1. The smallest absolute Gasteiger partial charge is 0.246 e. The molecule has 1 aromatic rings. The van der Waals surface area contributed by atoms with E-state index in [-0.39, 0.29) is 11.7 Å². The molecule has 96 valence electrons. The van der Waals surface area contributed by atoms with E-state index >= 15 is 0 Å². The van der Waals surface area contributed by atoms with Crippen molar-refractivity contribution in [1.29, 1.82) is 0 Å². The van der Waals surface area contributed by atoms with Gasteiger partial charge in [-0.05, 0) is 42.5 Å². The zero-order valence-corrected chi connectivity index (χ0v) is 10.6. The molecule has 1 saturated heterocycles. The van der Waals surface area contributed by atoms with Gasteiger partial charge in [-0.2, -0.15) is 0 Å². The van der Waals surface area contributed by atoms with Crippen LogP contribution in [0.15, 0.2) is 30.3 Å². The molecule has 0 saturated carbocycles. The number of rotatable bonds is 2. The fourth-order valence-corrected chi connectivity index (χ4v) is 2.27. The van der Waals surface area contributed by atoms with Crippen molar-refractivity contribution >= 4 is 12.0 Å². The first-order valence-electron chi connectivity index (χ1n) is 6.38. The second-order valence-corrected chi connectivity index (χ2v) is 4.92. The molecule has 1 heterocycles. The van der Waals surface area contributed by atoms with Crippen molar-refractivity contribution in [2.24, 2.45) is 5.92 Å². The molecule has 18 heavy (non-hydrogen) atoms. The number of hydrogen-bond donors (Lipinski definition) is 0. The van der Waals surface area contributed by atoms with Gasteiger partial charge >= 0.3 is 0 Å². The highest BCUT2D eigenvalue weighted by Crippen LogP contribution is 2.16. The predicted octanol–water partition coefficient (Wildman–Crippen LogP) is 3.10. The van der Waals surface area contributed by atoms with Crippen molar-refractivity contribution in [2.45, 2.75) is 19.8 Å². The molecular weight excluding hydrogens is 229 g/mol. The number of carbonyl (C=O) groups is 1. The number of benzene rings is 1. The van der Waals surface area contributed by atoms with Gasteiger partial charge in [0.15, 0.2) is 0 Å². The molecule has 0 spiro atoms. The van der Waals surface area contributed by atoms with Crippen LogP contribution in [0.5, 0.6) is 0 Å². The van der Waals surface area contributed by atoms with Gasteiger partial charge in [0.2, 0.25) is 5.91 Å². The van der Waals surface area contributed by atoms with E-state index in [1.807, 2.05) is 4.90 Å². The highest BCUT2D eigenvalue weighted by atomic mass is 19.1. The largest absolute Gasteiger partial charge is 0.339 e. The van der Waals surface area contributed by atoms with Gasteiger partial charge in [-0.15, -0.1) is 0 Å². The first-order valence-corrected chi connectivity index (χ1v) is 6.38. The number of piperidine rings is 1. The van der Waals surface area contributed by atoms with Crippen molar-refractivity contribution in [3.05, 3.63) is 41.7 Å². The number of nitrogens with zero attached hydrogens (tertiary/aromatic N) is 1. The van der Waals surface area contributed by atoms with Gasteiger partial charge in [0.25, 0.3) is 0 Å². The monoisotopic (exact) mass is 247 g/mol. The Kier molecular flexibility index (Phi) is 4.13. The maximum atomic E-state index is 13.0. The van der Waals surface area contributed by atoms with E-state index in [0.29, 0.717) is 11.5 Å². The average molecular weight is 247 g/mol. The van der Waals surface area contributed by atoms with E-state index in [1.165, 1.54) is 24.6 Å². The predicted molar refractivity (Wildman–Crippen MR) is 70.4 cm³/mol. The third-order valence-electron chi connectivity index (χ3n) is 3.24. The highest BCUT2D eigenvalue weighted by molar-refractivity contribution is 5.91. The van der Waals surface area contributed by atoms with E-state index in [4.69, 9.17) is 0 Å². The van der Waals surface area contributed by atoms with Gasteiger partial charge in [-0.25, -0.2) is 4.39 Å². The zero-order valence-electron chi connectivity index (χ0n) is 10.6. The molecule has 1 amide bonds. The van der Waals surface area contributed by atoms with Crippen LogP contribution in [0, 0.1) is 11.7 Å². The van der Waals surface area contributed by atoms with E-state index < -0.39 is 0 Å². The number of halogens is 1. The Labute approximate surface area is 107 Å². The number of amides is 1. The lowest BCUT2D eigenvalue weighted by atomic mass is 10.0. The molecule has 1 aliphatic rings. The Bertz CT molecular complexity index is 456. The minimum absolute atomic E-state index is 0.0193. The van der Waals surface area contributed by atoms with Crippen LogP contribution in [0.1, 0.15) is 25.3 Å². The molecule has 1 aromatic carbocycles. The second kappa shape index (κ2) is 5.80. The Morgan fingerprint density at radius 1 is 1.50 bits per heavy atom. The first-order chi connectivity index (χ1) is 8.65. The van der Waals surface area contributed by atoms with Gasteiger partial charge in [0.05, 0.1) is 0 Å². The minimum atomic E-state index is -0.281. The fraction of sp³-hybridized carbons (Fsp3) is 0.400. The van der Waals surface area contributed by atoms with Crippen molar-refractivity contribution in [1.82, 2.24) is 4.90 Å². The van der Waals surface area contributed by atoms with Crippen LogP contribution in [0.3, 0.4) is 0 Å². The third-order valence-corrected chi connectivity index (χ3v) is 3.24. The molecular formula is C15H18FNO. The van der Waals surface area contributed by atoms with E-state index in [2.05, 4.69) is 6.92 Å². The minimum Gasteiger partial charge on any atom is -0.339 e. The number of likely N-dealkylation sites (tertiary alicyclic amines) is 1. The molecule has 1 atom stereocenters. The van der Waals surface area contributed by atoms with Crippen LogP contribution < -0.4 is 0 Å². The van der Waals surface area contributed by atoms with Crippen molar-refractivity contribution < 1.29 is 9.18 Å². The van der Waals surface area contributed by atoms with Crippen LogP contribution >= 0.6 is 0 Å². The van der Waals surface area contributed by atoms with E-state index in [0.717, 1.165) is 19.5 Å². The van der Waals surface area contributed by atoms with Crippen LogP contribution in [-0.4, -0.2) is 23.9 Å². The van der Waals surface area contributed by atoms with Crippen LogP contribution in [-0.2, 0) is 4.79 Å². The summed E-state index contributed by atoms with van der Waals surface area (Å²) in [5, 5.41) is 0. The van der Waals surface area contributed by atoms with Crippen LogP contribution in [0.2, 0.25) is 0 Å². The summed E-state index contributed by atoms with van der Waals surface area (Å²) in [5.41, 5.74) is 0.716. The molecule has 1 fully saturated rings. The molecule has 2 rings (SSSR count). The summed E-state index contributed by atoms with van der Waals surface area (Å²) in [7, 11) is 0. The fourth-order valence-electron chi connectivity index (χ4n) is 2.27. The van der Waals surface area contributed by atoms with Crippen molar-refractivity contribution in [2.75, 3.05) is 13.1 Å². The lowest BCUT2D eigenvalue weighted by molar-refractivity contribution is -0.127. The van der Waals surface area contributed by atoms with E-state index in [1.54, 1.807) is 18.2 Å². The summed E-state index contributed by atoms with van der Waals surface area (Å²) in [4.78, 5) is 13.8. The summed E-state index contributed by atoms with van der Waals surface area (Å²) in [5.74, 6) is 0.312. The third kappa shape index (κ3) is 3.42. The number of carbonyl (C=O) groups excluding carboxylic acids is 1. The summed E-state index contributed by atoms with van der Waals surface area (Å²) < 4.78 is 13.0. The standard InChI is InChI=1S/C15H18FNO/c1-12-4-3-9-17(11-12)15(18)8-7-13-5-2-6-14(16)10-13/h2,5-8,10,12H,3-4,9,11H2,1H3. The molecule has 0 N–H and O–H groups in total. The quantitative estimate of drug-likeness (QED) is 0.735. The van der Waals surface area contributed by atoms with E-state index in [9.17, 15) is 9.18 Å². The Hall–Kier alpha value is -1.64. The normalized spacial score (nSPS) is 20.3. The lowest BCUT2D eigenvalue weighted by Gasteiger charge is -2.30. The molecule has 0 aromatic heterocycles. The SMILES string of the molecule is CC1CCCN(C(=O)C=Cc2cccc(F)c2)C1. The summed E-state index contributed by atoms with van der Waals surface area (Å²) >= 11 is 0. The Morgan fingerprint density at radius 3 is 3.06 bits per heavy atom. The first kappa shape index (κ1) is 12.8. The molecule has 0 bridgehead atoms. The highest BCUT2D eigenvalue weighted by Gasteiger charge is 2.18. The maximum Gasteiger partial charge on any atom is 0.246 e. The molecule has 1 unspecified atom stereocenters. The Balaban J connectivity index is 1.98. The van der Waals surface area contributed by atoms with Gasteiger partial charge < -0.3 is 4.90 Å². The molecule has 0 aliphatic carbocycles. The molecule has 2 nitrogen and oxygen atoms in total. The maximum absolute atomic E-state index is 13.0. The topological polar surface area (TPSA) is 20.3 Å². The van der Waals surface area contributed by atoms with Gasteiger partial charge in [0, 0.05) is 19.2 Å².